The van der Waals surface area contributed by atoms with Crippen molar-refractivity contribution >= 4 is 11.7 Å². The number of hydrogen-bond acceptors (Lipinski definition) is 3. The summed E-state index contributed by atoms with van der Waals surface area (Å²) in [6, 6.07) is 7.38. The zero-order chi connectivity index (χ0) is 10.4. The van der Waals surface area contributed by atoms with Crippen molar-refractivity contribution in [3.8, 4) is 11.8 Å². The first-order valence-corrected chi connectivity index (χ1v) is 4.13. The molecule has 14 heavy (non-hydrogen) atoms. The van der Waals surface area contributed by atoms with Crippen LogP contribution < -0.4 is 5.73 Å². The zero-order valence-corrected chi connectivity index (χ0v) is 7.91. The Bertz CT molecular complexity index is 388. The highest BCUT2D eigenvalue weighted by atomic mass is 16.5. The zero-order valence-electron chi connectivity index (χ0n) is 7.91. The van der Waals surface area contributed by atoms with Gasteiger partial charge < -0.3 is 10.5 Å². The first-order chi connectivity index (χ1) is 6.72. The molecule has 0 fully saturated rings. The van der Waals surface area contributed by atoms with Gasteiger partial charge in [-0.3, -0.25) is 0 Å². The summed E-state index contributed by atoms with van der Waals surface area (Å²) in [6.45, 7) is 0. The largest absolute Gasteiger partial charge is 0.459 e. The van der Waals surface area contributed by atoms with Gasteiger partial charge in [0.15, 0.2) is 0 Å². The van der Waals surface area contributed by atoms with Crippen molar-refractivity contribution in [2.45, 2.75) is 6.42 Å². The molecule has 1 rings (SSSR count). The maximum absolute atomic E-state index is 10.6. The fraction of sp³-hybridized carbons (Fsp3) is 0.182. The van der Waals surface area contributed by atoms with Crippen LogP contribution in [-0.4, -0.2) is 13.1 Å². The van der Waals surface area contributed by atoms with Gasteiger partial charge in [-0.25, -0.2) is 4.79 Å². The standard InChI is InChI=1S/C11H11NO2/c1-14-11(13)7-3-5-9-4-2-6-10(12)8-9/h2,4,6,8H,5,12H2,1H3. The maximum atomic E-state index is 10.6. The molecule has 0 saturated heterocycles. The van der Waals surface area contributed by atoms with Crippen LogP contribution in [0.5, 0.6) is 0 Å². The minimum Gasteiger partial charge on any atom is -0.459 e. The molecule has 3 heteroatoms. The van der Waals surface area contributed by atoms with E-state index in [1.54, 1.807) is 6.07 Å². The number of hydrogen-bond donors (Lipinski definition) is 1. The van der Waals surface area contributed by atoms with Crippen LogP contribution in [0.1, 0.15) is 5.56 Å². The molecule has 1 aromatic rings. The molecule has 0 aliphatic rings. The molecule has 0 radical (unpaired) electrons. The van der Waals surface area contributed by atoms with Gasteiger partial charge in [0.05, 0.1) is 7.11 Å². The number of ether oxygens (including phenoxy) is 1. The predicted molar refractivity (Wildman–Crippen MR) is 54.4 cm³/mol. The number of anilines is 1. The second-order valence-electron chi connectivity index (χ2n) is 2.72. The number of benzene rings is 1. The molecule has 0 spiro atoms. The molecule has 0 aliphatic carbocycles. The van der Waals surface area contributed by atoms with E-state index in [9.17, 15) is 4.79 Å². The van der Waals surface area contributed by atoms with Gasteiger partial charge in [-0.2, -0.15) is 0 Å². The summed E-state index contributed by atoms with van der Waals surface area (Å²) in [6.07, 6.45) is 0.500. The van der Waals surface area contributed by atoms with Crippen molar-refractivity contribution in [3.05, 3.63) is 29.8 Å². The second-order valence-corrected chi connectivity index (χ2v) is 2.72. The lowest BCUT2D eigenvalue weighted by Crippen LogP contribution is -1.95. The molecule has 72 valence electrons. The summed E-state index contributed by atoms with van der Waals surface area (Å²) in [5.74, 6) is 4.53. The molecule has 0 unspecified atom stereocenters. The fourth-order valence-electron chi connectivity index (χ4n) is 0.973. The lowest BCUT2D eigenvalue weighted by atomic mass is 10.1. The molecule has 0 heterocycles. The van der Waals surface area contributed by atoms with Crippen molar-refractivity contribution in [2.75, 3.05) is 12.8 Å². The summed E-state index contributed by atoms with van der Waals surface area (Å²) in [5.41, 5.74) is 7.26. The van der Waals surface area contributed by atoms with E-state index in [2.05, 4.69) is 16.6 Å². The average molecular weight is 189 g/mol. The number of methoxy groups -OCH3 is 1. The van der Waals surface area contributed by atoms with Crippen LogP contribution in [0.2, 0.25) is 0 Å². The van der Waals surface area contributed by atoms with Crippen LogP contribution in [0.4, 0.5) is 5.69 Å². The van der Waals surface area contributed by atoms with Crippen molar-refractivity contribution in [2.24, 2.45) is 0 Å². The summed E-state index contributed by atoms with van der Waals surface area (Å²) in [4.78, 5) is 10.6. The third-order valence-corrected chi connectivity index (χ3v) is 1.62. The van der Waals surface area contributed by atoms with E-state index in [1.807, 2.05) is 18.2 Å². The van der Waals surface area contributed by atoms with E-state index >= 15 is 0 Å². The molecule has 1 aromatic carbocycles. The molecule has 0 bridgehead atoms. The predicted octanol–water partition coefficient (Wildman–Crippen LogP) is 0.988. The second kappa shape index (κ2) is 4.93. The van der Waals surface area contributed by atoms with Gasteiger partial charge >= 0.3 is 5.97 Å². The fourth-order valence-corrected chi connectivity index (χ4v) is 0.973. The molecular formula is C11H11NO2. The lowest BCUT2D eigenvalue weighted by Gasteiger charge is -1.95. The van der Waals surface area contributed by atoms with Crippen LogP contribution in [0.25, 0.3) is 0 Å². The Morgan fingerprint density at radius 1 is 1.57 bits per heavy atom. The van der Waals surface area contributed by atoms with E-state index in [4.69, 9.17) is 5.73 Å². The highest BCUT2D eigenvalue weighted by molar-refractivity contribution is 5.88. The van der Waals surface area contributed by atoms with Gasteiger partial charge in [-0.15, -0.1) is 0 Å². The molecular weight excluding hydrogens is 178 g/mol. The number of nitrogen functional groups attached to an aromatic ring is 1. The Balaban J connectivity index is 2.60. The van der Waals surface area contributed by atoms with Gasteiger partial charge in [0.2, 0.25) is 0 Å². The van der Waals surface area contributed by atoms with E-state index in [1.165, 1.54) is 7.11 Å². The summed E-state index contributed by atoms with van der Waals surface area (Å²) < 4.78 is 4.37. The Kier molecular flexibility index (Phi) is 3.57. The Morgan fingerprint density at radius 2 is 2.36 bits per heavy atom. The third kappa shape index (κ3) is 3.20. The normalized spacial score (nSPS) is 8.64. The quantitative estimate of drug-likeness (QED) is 0.310. The summed E-state index contributed by atoms with van der Waals surface area (Å²) in [5, 5.41) is 0. The minimum atomic E-state index is -0.520. The maximum Gasteiger partial charge on any atom is 0.384 e. The van der Waals surface area contributed by atoms with Gasteiger partial charge in [0.25, 0.3) is 0 Å². The lowest BCUT2D eigenvalue weighted by molar-refractivity contribution is -0.133. The summed E-state index contributed by atoms with van der Waals surface area (Å²) in [7, 11) is 1.30. The van der Waals surface area contributed by atoms with Gasteiger partial charge in [-0.05, 0) is 17.7 Å². The smallest absolute Gasteiger partial charge is 0.384 e. The van der Waals surface area contributed by atoms with Crippen LogP contribution in [-0.2, 0) is 16.0 Å². The Hall–Kier alpha value is -1.95. The van der Waals surface area contributed by atoms with Crippen LogP contribution in [0, 0.1) is 11.8 Å². The molecule has 2 N–H and O–H groups in total. The molecule has 0 aliphatic heterocycles. The van der Waals surface area contributed by atoms with Crippen LogP contribution >= 0.6 is 0 Å². The van der Waals surface area contributed by atoms with Crippen molar-refractivity contribution in [3.63, 3.8) is 0 Å². The number of carbonyl (C=O) groups excluding carboxylic acids is 1. The number of nitrogens with two attached hydrogens (primary N) is 1. The van der Waals surface area contributed by atoms with Crippen molar-refractivity contribution in [1.29, 1.82) is 0 Å². The molecule has 0 saturated carbocycles. The van der Waals surface area contributed by atoms with E-state index in [-0.39, 0.29) is 0 Å². The van der Waals surface area contributed by atoms with Gasteiger partial charge in [0.1, 0.15) is 0 Å². The molecule has 0 atom stereocenters. The highest BCUT2D eigenvalue weighted by Crippen LogP contribution is 2.06. The monoisotopic (exact) mass is 189 g/mol. The highest BCUT2D eigenvalue weighted by Gasteiger charge is 1.91. The van der Waals surface area contributed by atoms with E-state index < -0.39 is 5.97 Å². The van der Waals surface area contributed by atoms with E-state index in [0.717, 1.165) is 5.56 Å². The minimum absolute atomic E-state index is 0.500. The molecule has 0 aromatic heterocycles. The van der Waals surface area contributed by atoms with Crippen molar-refractivity contribution < 1.29 is 9.53 Å². The SMILES string of the molecule is COC(=O)C#CCc1cccc(N)c1. The first kappa shape index (κ1) is 10.1. The number of carbonyl (C=O) groups is 1. The molecule has 3 nitrogen and oxygen atoms in total. The molecule has 0 amide bonds. The Morgan fingerprint density at radius 3 is 3.00 bits per heavy atom. The third-order valence-electron chi connectivity index (χ3n) is 1.62. The topological polar surface area (TPSA) is 52.3 Å². The van der Waals surface area contributed by atoms with Crippen molar-refractivity contribution in [1.82, 2.24) is 0 Å². The first-order valence-electron chi connectivity index (χ1n) is 4.13. The average Bonchev–Trinajstić information content (AvgIpc) is 2.17. The van der Waals surface area contributed by atoms with Gasteiger partial charge in [-0.1, -0.05) is 18.1 Å². The Labute approximate surface area is 82.9 Å². The number of esters is 1. The van der Waals surface area contributed by atoms with Crippen LogP contribution in [0.3, 0.4) is 0 Å². The van der Waals surface area contributed by atoms with E-state index in [0.29, 0.717) is 12.1 Å². The summed E-state index contributed by atoms with van der Waals surface area (Å²) >= 11 is 0. The van der Waals surface area contributed by atoms with Crippen LogP contribution in [0.15, 0.2) is 24.3 Å². The number of rotatable bonds is 1. The van der Waals surface area contributed by atoms with Gasteiger partial charge in [0, 0.05) is 18.0 Å².